The van der Waals surface area contributed by atoms with Crippen LogP contribution in [0.15, 0.2) is 24.3 Å². The van der Waals surface area contributed by atoms with E-state index >= 15 is 0 Å². The summed E-state index contributed by atoms with van der Waals surface area (Å²) >= 11 is 0. The van der Waals surface area contributed by atoms with Gasteiger partial charge in [-0.25, -0.2) is 0 Å². The van der Waals surface area contributed by atoms with E-state index in [0.29, 0.717) is 12.1 Å². The van der Waals surface area contributed by atoms with Crippen molar-refractivity contribution in [2.75, 3.05) is 13.2 Å². The number of rotatable bonds is 4. The molecule has 0 radical (unpaired) electrons. The van der Waals surface area contributed by atoms with Gasteiger partial charge in [0.1, 0.15) is 0 Å². The zero-order valence-corrected chi connectivity index (χ0v) is 9.80. The fourth-order valence-corrected chi connectivity index (χ4v) is 1.67. The number of aliphatic hydroxyl groups excluding tert-OH is 1. The molecule has 0 saturated carbocycles. The van der Waals surface area contributed by atoms with E-state index in [1.165, 1.54) is 12.1 Å². The minimum absolute atomic E-state index is 0.174. The molecule has 0 amide bonds. The third-order valence-corrected chi connectivity index (χ3v) is 2.73. The molecule has 1 aromatic carbocycles. The van der Waals surface area contributed by atoms with E-state index in [4.69, 9.17) is 0 Å². The summed E-state index contributed by atoms with van der Waals surface area (Å²) in [5.74, 6) is 0. The molecule has 5 heteroatoms. The molecule has 17 heavy (non-hydrogen) atoms. The van der Waals surface area contributed by atoms with Gasteiger partial charge in [0.15, 0.2) is 0 Å². The molecule has 0 aromatic heterocycles. The lowest BCUT2D eigenvalue weighted by atomic mass is 9.92. The Morgan fingerprint density at radius 1 is 1.12 bits per heavy atom. The van der Waals surface area contributed by atoms with Crippen molar-refractivity contribution in [2.45, 2.75) is 25.6 Å². The fraction of sp³-hybridized carbons (Fsp3) is 0.500. The number of likely N-dealkylation sites (N-methyl/N-ethyl adjacent to an activating group) is 1. The highest BCUT2D eigenvalue weighted by molar-refractivity contribution is 5.29. The van der Waals surface area contributed by atoms with Crippen LogP contribution in [0.3, 0.4) is 0 Å². The first kappa shape index (κ1) is 14.0. The maximum atomic E-state index is 12.4. The predicted molar refractivity (Wildman–Crippen MR) is 59.6 cm³/mol. The second-order valence-electron chi connectivity index (χ2n) is 4.10. The van der Waals surface area contributed by atoms with Gasteiger partial charge in [0.2, 0.25) is 0 Å². The quantitative estimate of drug-likeness (QED) is 0.857. The van der Waals surface area contributed by atoms with Crippen LogP contribution in [0.25, 0.3) is 0 Å². The van der Waals surface area contributed by atoms with Gasteiger partial charge in [0.25, 0.3) is 0 Å². The van der Waals surface area contributed by atoms with E-state index < -0.39 is 17.3 Å². The van der Waals surface area contributed by atoms with Gasteiger partial charge < -0.3 is 10.4 Å². The molecule has 0 aliphatic heterocycles. The Morgan fingerprint density at radius 2 is 1.59 bits per heavy atom. The van der Waals surface area contributed by atoms with Crippen molar-refractivity contribution in [2.24, 2.45) is 0 Å². The van der Waals surface area contributed by atoms with Crippen LogP contribution in [0.2, 0.25) is 0 Å². The van der Waals surface area contributed by atoms with E-state index in [1.54, 1.807) is 6.92 Å². The molecule has 0 saturated heterocycles. The summed E-state index contributed by atoms with van der Waals surface area (Å²) in [6, 6.07) is 4.84. The zero-order valence-electron chi connectivity index (χ0n) is 9.80. The molecule has 0 spiro atoms. The summed E-state index contributed by atoms with van der Waals surface area (Å²) in [7, 11) is 0. The Bertz CT molecular complexity index is 361. The third kappa shape index (κ3) is 3.20. The van der Waals surface area contributed by atoms with Gasteiger partial charge in [-0.15, -0.1) is 0 Å². The minimum Gasteiger partial charge on any atom is -0.394 e. The van der Waals surface area contributed by atoms with Gasteiger partial charge in [0, 0.05) is 0 Å². The van der Waals surface area contributed by atoms with E-state index in [2.05, 4.69) is 5.32 Å². The Balaban J connectivity index is 3.01. The Kier molecular flexibility index (Phi) is 4.16. The van der Waals surface area contributed by atoms with E-state index in [0.717, 1.165) is 12.1 Å². The summed E-state index contributed by atoms with van der Waals surface area (Å²) in [4.78, 5) is 0. The summed E-state index contributed by atoms with van der Waals surface area (Å²) < 4.78 is 37.1. The smallest absolute Gasteiger partial charge is 0.394 e. The molecule has 0 aliphatic rings. The number of aliphatic hydroxyl groups is 1. The number of alkyl halides is 3. The van der Waals surface area contributed by atoms with Crippen molar-refractivity contribution in [1.82, 2.24) is 5.32 Å². The molecule has 0 aliphatic carbocycles. The molecule has 0 bridgehead atoms. The number of halogens is 3. The van der Waals surface area contributed by atoms with Gasteiger partial charge in [-0.1, -0.05) is 19.1 Å². The number of hydrogen-bond donors (Lipinski definition) is 2. The fourth-order valence-electron chi connectivity index (χ4n) is 1.67. The van der Waals surface area contributed by atoms with Gasteiger partial charge in [0.05, 0.1) is 17.7 Å². The van der Waals surface area contributed by atoms with E-state index in [9.17, 15) is 18.3 Å². The molecule has 0 heterocycles. The molecule has 0 fully saturated rings. The van der Waals surface area contributed by atoms with Gasteiger partial charge in [-0.05, 0) is 31.2 Å². The number of nitrogens with one attached hydrogen (secondary N) is 1. The van der Waals surface area contributed by atoms with E-state index in [1.807, 2.05) is 6.92 Å². The monoisotopic (exact) mass is 247 g/mol. The topological polar surface area (TPSA) is 32.3 Å². The van der Waals surface area contributed by atoms with Crippen molar-refractivity contribution in [3.8, 4) is 0 Å². The summed E-state index contributed by atoms with van der Waals surface area (Å²) in [6.45, 7) is 4.07. The van der Waals surface area contributed by atoms with Gasteiger partial charge in [-0.2, -0.15) is 13.2 Å². The normalized spacial score (nSPS) is 15.6. The van der Waals surface area contributed by atoms with Crippen molar-refractivity contribution < 1.29 is 18.3 Å². The molecule has 2 N–H and O–H groups in total. The second-order valence-corrected chi connectivity index (χ2v) is 4.10. The minimum atomic E-state index is -4.33. The first-order valence-electron chi connectivity index (χ1n) is 5.37. The summed E-state index contributed by atoms with van der Waals surface area (Å²) in [5.41, 5.74) is -0.758. The predicted octanol–water partition coefficient (Wildman–Crippen LogP) is 2.52. The lowest BCUT2D eigenvalue weighted by Crippen LogP contribution is -2.42. The molecule has 96 valence electrons. The van der Waals surface area contributed by atoms with Gasteiger partial charge >= 0.3 is 6.18 Å². The van der Waals surface area contributed by atoms with Crippen LogP contribution in [-0.4, -0.2) is 18.3 Å². The highest BCUT2D eigenvalue weighted by Gasteiger charge is 2.31. The lowest BCUT2D eigenvalue weighted by Gasteiger charge is -2.29. The standard InChI is InChI=1S/C12H16F3NO/c1-3-16-11(2,8-17)9-4-6-10(7-5-9)12(13,14)15/h4-7,16-17H,3,8H2,1-2H3. The molecular weight excluding hydrogens is 231 g/mol. The first-order chi connectivity index (χ1) is 7.83. The highest BCUT2D eigenvalue weighted by Crippen LogP contribution is 2.30. The van der Waals surface area contributed by atoms with Gasteiger partial charge in [-0.3, -0.25) is 0 Å². The molecule has 1 rings (SSSR count). The highest BCUT2D eigenvalue weighted by atomic mass is 19.4. The van der Waals surface area contributed by atoms with Crippen LogP contribution in [0.4, 0.5) is 13.2 Å². The largest absolute Gasteiger partial charge is 0.416 e. The van der Waals surface area contributed by atoms with Crippen LogP contribution >= 0.6 is 0 Å². The molecule has 2 nitrogen and oxygen atoms in total. The van der Waals surface area contributed by atoms with E-state index in [-0.39, 0.29) is 6.61 Å². The zero-order chi connectivity index (χ0) is 13.1. The van der Waals surface area contributed by atoms with Crippen LogP contribution in [0.1, 0.15) is 25.0 Å². The van der Waals surface area contributed by atoms with Crippen molar-refractivity contribution in [3.63, 3.8) is 0 Å². The van der Waals surface area contributed by atoms with Crippen molar-refractivity contribution >= 4 is 0 Å². The number of hydrogen-bond acceptors (Lipinski definition) is 2. The van der Waals surface area contributed by atoms with Crippen LogP contribution in [0.5, 0.6) is 0 Å². The van der Waals surface area contributed by atoms with Crippen LogP contribution in [0, 0.1) is 0 Å². The Labute approximate surface area is 98.5 Å². The second kappa shape index (κ2) is 5.06. The number of benzene rings is 1. The molecular formula is C12H16F3NO. The van der Waals surface area contributed by atoms with Crippen molar-refractivity contribution in [3.05, 3.63) is 35.4 Å². The Morgan fingerprint density at radius 3 is 1.94 bits per heavy atom. The molecule has 1 aromatic rings. The SMILES string of the molecule is CCNC(C)(CO)c1ccc(C(F)(F)F)cc1. The average molecular weight is 247 g/mol. The third-order valence-electron chi connectivity index (χ3n) is 2.73. The Hall–Kier alpha value is -1.07. The molecule has 1 atom stereocenters. The molecule has 1 unspecified atom stereocenters. The maximum absolute atomic E-state index is 12.4. The average Bonchev–Trinajstić information content (AvgIpc) is 2.28. The maximum Gasteiger partial charge on any atom is 0.416 e. The van der Waals surface area contributed by atoms with Crippen molar-refractivity contribution in [1.29, 1.82) is 0 Å². The first-order valence-corrected chi connectivity index (χ1v) is 5.37. The van der Waals surface area contributed by atoms with Crippen LogP contribution in [-0.2, 0) is 11.7 Å². The van der Waals surface area contributed by atoms with Crippen LogP contribution < -0.4 is 5.32 Å². The lowest BCUT2D eigenvalue weighted by molar-refractivity contribution is -0.137. The summed E-state index contributed by atoms with van der Waals surface area (Å²) in [5, 5.41) is 12.4. The summed E-state index contributed by atoms with van der Waals surface area (Å²) in [6.07, 6.45) is -4.33.